The summed E-state index contributed by atoms with van der Waals surface area (Å²) in [5.74, 6) is -0.715. The zero-order valence-electron chi connectivity index (χ0n) is 19.2. The lowest BCUT2D eigenvalue weighted by molar-refractivity contribution is 0.369. The third-order valence-corrected chi connectivity index (χ3v) is 5.71. The van der Waals surface area contributed by atoms with E-state index in [2.05, 4.69) is 10.1 Å². The topological polar surface area (TPSA) is 145 Å². The van der Waals surface area contributed by atoms with Crippen LogP contribution in [-0.2, 0) is 6.42 Å². The summed E-state index contributed by atoms with van der Waals surface area (Å²) in [6.07, 6.45) is 0.280. The van der Waals surface area contributed by atoms with Crippen molar-refractivity contribution in [3.63, 3.8) is 0 Å². The van der Waals surface area contributed by atoms with E-state index in [0.717, 1.165) is 10.2 Å². The van der Waals surface area contributed by atoms with E-state index in [0.29, 0.717) is 22.7 Å². The molecule has 0 aliphatic carbocycles. The fourth-order valence-electron chi connectivity index (χ4n) is 3.86. The van der Waals surface area contributed by atoms with Gasteiger partial charge < -0.3 is 20.9 Å². The molecule has 0 bridgehead atoms. The van der Waals surface area contributed by atoms with E-state index < -0.39 is 17.4 Å². The number of benzene rings is 3. The lowest BCUT2D eigenvalue weighted by Gasteiger charge is -2.18. The number of para-hydroxylation sites is 2. The molecule has 4 rings (SSSR count). The molecule has 4 aromatic rings. The van der Waals surface area contributed by atoms with Crippen molar-refractivity contribution in [1.29, 1.82) is 5.41 Å². The molecule has 1 atom stereocenters. The Bertz CT molecular complexity index is 1430. The minimum Gasteiger partial charge on any atom is -0.497 e. The highest BCUT2D eigenvalue weighted by Gasteiger charge is 2.27. The van der Waals surface area contributed by atoms with Gasteiger partial charge in [0.1, 0.15) is 17.4 Å². The Morgan fingerprint density at radius 1 is 1.14 bits per heavy atom. The lowest BCUT2D eigenvalue weighted by Crippen LogP contribution is -2.17. The van der Waals surface area contributed by atoms with Crippen LogP contribution in [0.4, 0.5) is 10.1 Å². The summed E-state index contributed by atoms with van der Waals surface area (Å²) in [6, 6.07) is 16.8. The first-order valence-electron chi connectivity index (χ1n) is 10.7. The molecule has 0 saturated carbocycles. The highest BCUT2D eigenvalue weighted by Crippen LogP contribution is 2.36. The second kappa shape index (κ2) is 9.72. The van der Waals surface area contributed by atoms with Crippen LogP contribution in [0.5, 0.6) is 11.5 Å². The number of nitrogen functional groups attached to an aromatic ring is 2. The van der Waals surface area contributed by atoms with E-state index in [1.54, 1.807) is 54.6 Å². The Morgan fingerprint density at radius 3 is 2.49 bits per heavy atom. The van der Waals surface area contributed by atoms with Crippen LogP contribution in [0.15, 0.2) is 65.5 Å². The van der Waals surface area contributed by atoms with Crippen LogP contribution < -0.4 is 26.6 Å². The second-order valence-electron chi connectivity index (χ2n) is 7.89. The first-order chi connectivity index (χ1) is 16.8. The smallest absolute Gasteiger partial charge is 0.348 e. The number of nitrogens with one attached hydrogen (secondary N) is 2. The molecule has 1 unspecified atom stereocenters. The van der Waals surface area contributed by atoms with Crippen molar-refractivity contribution in [2.75, 3.05) is 20.0 Å². The SMILES string of the molecule is COc1cc(OC)c(F)c(C(Cc2ccc(C(=N)N)cc2)c2nn(-c3ccccc3N)c(=O)[nH]2)c1. The maximum Gasteiger partial charge on any atom is 0.348 e. The molecule has 0 saturated heterocycles. The number of methoxy groups -OCH3 is 2. The van der Waals surface area contributed by atoms with Crippen molar-refractivity contribution < 1.29 is 13.9 Å². The Labute approximate surface area is 200 Å². The summed E-state index contributed by atoms with van der Waals surface area (Å²) < 4.78 is 27.2. The fourth-order valence-corrected chi connectivity index (χ4v) is 3.86. The highest BCUT2D eigenvalue weighted by molar-refractivity contribution is 5.94. The van der Waals surface area contributed by atoms with Gasteiger partial charge in [-0.3, -0.25) is 10.4 Å². The maximum atomic E-state index is 15.5. The van der Waals surface area contributed by atoms with Crippen molar-refractivity contribution in [2.45, 2.75) is 12.3 Å². The number of nitrogens with zero attached hydrogens (tertiary/aromatic N) is 2. The second-order valence-corrected chi connectivity index (χ2v) is 7.89. The number of ether oxygens (including phenoxy) is 2. The molecule has 6 N–H and O–H groups in total. The number of nitrogens with two attached hydrogens (primary N) is 2. The van der Waals surface area contributed by atoms with E-state index >= 15 is 4.39 Å². The molecule has 1 aromatic heterocycles. The lowest BCUT2D eigenvalue weighted by atomic mass is 9.90. The molecule has 1 heterocycles. The van der Waals surface area contributed by atoms with Gasteiger partial charge in [-0.25, -0.2) is 9.18 Å². The maximum absolute atomic E-state index is 15.5. The number of hydrogen-bond donors (Lipinski definition) is 4. The quantitative estimate of drug-likeness (QED) is 0.175. The van der Waals surface area contributed by atoms with Gasteiger partial charge in [0.25, 0.3) is 0 Å². The molecule has 0 spiro atoms. The molecule has 0 aliphatic heterocycles. The van der Waals surface area contributed by atoms with Crippen molar-refractivity contribution in [1.82, 2.24) is 14.8 Å². The number of hydrogen-bond acceptors (Lipinski definition) is 6. The van der Waals surface area contributed by atoms with Gasteiger partial charge in [-0.15, -0.1) is 5.10 Å². The summed E-state index contributed by atoms with van der Waals surface area (Å²) in [7, 11) is 2.84. The molecular formula is C25H25FN6O3. The molecule has 0 aliphatic rings. The summed E-state index contributed by atoms with van der Waals surface area (Å²) in [5.41, 5.74) is 13.5. The van der Waals surface area contributed by atoms with Crippen LogP contribution in [0.3, 0.4) is 0 Å². The van der Waals surface area contributed by atoms with Gasteiger partial charge in [0, 0.05) is 17.2 Å². The average Bonchev–Trinajstić information content (AvgIpc) is 3.24. The molecule has 9 nitrogen and oxygen atoms in total. The monoisotopic (exact) mass is 476 g/mol. The standard InChI is InChI=1S/C25H25FN6O3/c1-34-16-12-17(22(26)21(13-16)35-2)18(11-14-7-9-15(10-8-14)23(28)29)24-30-25(33)32(31-24)20-6-4-3-5-19(20)27/h3-10,12-13,18H,11,27H2,1-2H3,(H3,28,29)(H,30,31,33). The zero-order valence-corrected chi connectivity index (χ0v) is 19.2. The van der Waals surface area contributed by atoms with E-state index in [1.807, 2.05) is 0 Å². The third-order valence-electron chi connectivity index (χ3n) is 5.71. The van der Waals surface area contributed by atoms with Crippen molar-refractivity contribution in [3.05, 3.63) is 99.5 Å². The number of amidine groups is 1. The summed E-state index contributed by atoms with van der Waals surface area (Å²) in [4.78, 5) is 15.6. The van der Waals surface area contributed by atoms with E-state index in [1.165, 1.54) is 20.3 Å². The van der Waals surface area contributed by atoms with E-state index in [-0.39, 0.29) is 29.4 Å². The van der Waals surface area contributed by atoms with Crippen LogP contribution in [-0.4, -0.2) is 34.8 Å². The number of anilines is 1. The van der Waals surface area contributed by atoms with Crippen LogP contribution in [0, 0.1) is 11.2 Å². The van der Waals surface area contributed by atoms with Gasteiger partial charge in [0.15, 0.2) is 11.6 Å². The Balaban J connectivity index is 1.86. The summed E-state index contributed by atoms with van der Waals surface area (Å²) >= 11 is 0. The Morgan fingerprint density at radius 2 is 1.86 bits per heavy atom. The van der Waals surface area contributed by atoms with Crippen LogP contribution in [0.2, 0.25) is 0 Å². The molecule has 0 amide bonds. The summed E-state index contributed by atoms with van der Waals surface area (Å²) in [6.45, 7) is 0. The molecule has 180 valence electrons. The van der Waals surface area contributed by atoms with Gasteiger partial charge in [-0.1, -0.05) is 36.4 Å². The van der Waals surface area contributed by atoms with Crippen molar-refractivity contribution in [2.24, 2.45) is 5.73 Å². The predicted octanol–water partition coefficient (Wildman–Crippen LogP) is 2.96. The van der Waals surface area contributed by atoms with Crippen molar-refractivity contribution >= 4 is 11.5 Å². The number of aromatic nitrogens is 3. The minimum atomic E-state index is -0.707. The molecule has 10 heteroatoms. The largest absolute Gasteiger partial charge is 0.497 e. The predicted molar refractivity (Wildman–Crippen MR) is 131 cm³/mol. The number of aromatic amines is 1. The molecule has 0 radical (unpaired) electrons. The zero-order chi connectivity index (χ0) is 25.1. The molecular weight excluding hydrogens is 451 g/mol. The van der Waals surface area contributed by atoms with Crippen molar-refractivity contribution in [3.8, 4) is 17.2 Å². The van der Waals surface area contributed by atoms with Crippen LogP contribution in [0.1, 0.15) is 28.4 Å². The first kappa shape index (κ1) is 23.6. The van der Waals surface area contributed by atoms with E-state index in [9.17, 15) is 4.79 Å². The molecule has 35 heavy (non-hydrogen) atoms. The van der Waals surface area contributed by atoms with E-state index in [4.69, 9.17) is 26.4 Å². The van der Waals surface area contributed by atoms with Crippen LogP contribution >= 0.6 is 0 Å². The molecule has 0 fully saturated rings. The number of rotatable bonds is 8. The average molecular weight is 477 g/mol. The fraction of sp³-hybridized carbons (Fsp3) is 0.160. The third kappa shape index (κ3) is 4.72. The Hall–Kier alpha value is -4.60. The number of H-pyrrole nitrogens is 1. The van der Waals surface area contributed by atoms with Gasteiger partial charge in [0.2, 0.25) is 0 Å². The Kier molecular flexibility index (Phi) is 6.54. The van der Waals surface area contributed by atoms with Gasteiger partial charge in [-0.2, -0.15) is 4.68 Å². The minimum absolute atomic E-state index is 0.00496. The van der Waals surface area contributed by atoms with Gasteiger partial charge in [0.05, 0.1) is 31.5 Å². The first-order valence-corrected chi connectivity index (χ1v) is 10.7. The highest BCUT2D eigenvalue weighted by atomic mass is 19.1. The number of halogens is 1. The van der Waals surface area contributed by atoms with Gasteiger partial charge in [-0.05, 0) is 30.2 Å². The normalized spacial score (nSPS) is 11.7. The molecule has 3 aromatic carbocycles. The summed E-state index contributed by atoms with van der Waals surface area (Å²) in [5, 5.41) is 12.1. The van der Waals surface area contributed by atoms with Gasteiger partial charge >= 0.3 is 5.69 Å². The van der Waals surface area contributed by atoms with Crippen LogP contribution in [0.25, 0.3) is 5.69 Å².